The van der Waals surface area contributed by atoms with Gasteiger partial charge in [-0.2, -0.15) is 0 Å². The number of fused-ring (bicyclic) bond motifs is 1. The van der Waals surface area contributed by atoms with Gasteiger partial charge in [0, 0.05) is 13.1 Å². The smallest absolute Gasteiger partial charge is 0.268 e. The van der Waals surface area contributed by atoms with Gasteiger partial charge in [-0.1, -0.05) is 48.5 Å². The minimum Gasteiger partial charge on any atom is -0.329 e. The minimum atomic E-state index is 0.00468. The fourth-order valence-electron chi connectivity index (χ4n) is 2.42. The third-order valence-corrected chi connectivity index (χ3v) is 3.45. The van der Waals surface area contributed by atoms with Crippen LogP contribution in [0.3, 0.4) is 0 Å². The molecule has 0 aliphatic carbocycles. The minimum absolute atomic E-state index is 0.00468. The van der Waals surface area contributed by atoms with Gasteiger partial charge < -0.3 is 4.90 Å². The number of para-hydroxylation sites is 1. The van der Waals surface area contributed by atoms with Crippen molar-refractivity contribution >= 4 is 17.3 Å². The van der Waals surface area contributed by atoms with Gasteiger partial charge in [0.25, 0.3) is 5.91 Å². The second kappa shape index (κ2) is 5.29. The van der Waals surface area contributed by atoms with Gasteiger partial charge >= 0.3 is 0 Å². The third-order valence-electron chi connectivity index (χ3n) is 3.45. The van der Waals surface area contributed by atoms with Crippen molar-refractivity contribution in [3.05, 3.63) is 65.7 Å². The monoisotopic (exact) mass is 264 g/mol. The molecule has 0 saturated heterocycles. The lowest BCUT2D eigenvalue weighted by atomic mass is 10.1. The van der Waals surface area contributed by atoms with Crippen LogP contribution in [-0.2, 0) is 17.9 Å². The predicted octanol–water partition coefficient (Wildman–Crippen LogP) is 3.32. The zero-order valence-corrected chi connectivity index (χ0v) is 11.4. The first-order valence-corrected chi connectivity index (χ1v) is 6.70. The highest BCUT2D eigenvalue weighted by molar-refractivity contribution is 6.38. The maximum Gasteiger partial charge on any atom is 0.268 e. The van der Waals surface area contributed by atoms with Gasteiger partial charge in [-0.3, -0.25) is 4.79 Å². The van der Waals surface area contributed by atoms with Gasteiger partial charge in [-0.05, 0) is 24.1 Å². The Labute approximate surface area is 118 Å². The highest BCUT2D eigenvalue weighted by Crippen LogP contribution is 2.24. The van der Waals surface area contributed by atoms with Crippen molar-refractivity contribution in [1.82, 2.24) is 4.90 Å². The van der Waals surface area contributed by atoms with Crippen molar-refractivity contribution in [1.29, 1.82) is 0 Å². The van der Waals surface area contributed by atoms with Gasteiger partial charge in [0.2, 0.25) is 0 Å². The van der Waals surface area contributed by atoms with Crippen molar-refractivity contribution < 1.29 is 4.79 Å². The first-order valence-electron chi connectivity index (χ1n) is 6.70. The number of carbonyl (C=O) groups excluding carboxylic acids is 1. The van der Waals surface area contributed by atoms with E-state index in [1.165, 1.54) is 0 Å². The molecule has 1 heterocycles. The molecule has 0 bridgehead atoms. The summed E-state index contributed by atoms with van der Waals surface area (Å²) in [6.07, 6.45) is 0. The maximum absolute atomic E-state index is 12.4. The van der Waals surface area contributed by atoms with E-state index in [2.05, 4.69) is 4.99 Å². The Kier molecular flexibility index (Phi) is 3.33. The van der Waals surface area contributed by atoms with Crippen molar-refractivity contribution in [2.24, 2.45) is 4.99 Å². The highest BCUT2D eigenvalue weighted by Gasteiger charge is 2.21. The zero-order chi connectivity index (χ0) is 13.9. The van der Waals surface area contributed by atoms with Crippen LogP contribution in [0.5, 0.6) is 0 Å². The van der Waals surface area contributed by atoms with Crippen molar-refractivity contribution in [3.63, 3.8) is 0 Å². The van der Waals surface area contributed by atoms with Crippen LogP contribution in [0, 0.1) is 0 Å². The molecule has 3 heteroatoms. The lowest BCUT2D eigenvalue weighted by molar-refractivity contribution is -0.125. The molecule has 0 unspecified atom stereocenters. The van der Waals surface area contributed by atoms with Gasteiger partial charge in [-0.25, -0.2) is 4.99 Å². The van der Waals surface area contributed by atoms with Crippen LogP contribution < -0.4 is 0 Å². The number of aliphatic imine (C=N–C) groups is 1. The largest absolute Gasteiger partial charge is 0.329 e. The van der Waals surface area contributed by atoms with E-state index in [0.29, 0.717) is 18.8 Å². The van der Waals surface area contributed by atoms with E-state index in [9.17, 15) is 4.79 Å². The Bertz CT molecular complexity index is 662. The van der Waals surface area contributed by atoms with Gasteiger partial charge in [-0.15, -0.1) is 0 Å². The molecule has 0 atom stereocenters. The summed E-state index contributed by atoms with van der Waals surface area (Å²) in [5.74, 6) is 0.00468. The standard InChI is InChI=1S/C17H16N2O/c1-13-17(20)19(11-14-7-3-2-4-8-14)12-15-9-5-6-10-16(15)18-13/h2-10H,11-12H2,1H3. The molecule has 0 fully saturated rings. The second-order valence-corrected chi connectivity index (χ2v) is 4.97. The van der Waals surface area contributed by atoms with E-state index >= 15 is 0 Å². The molecule has 0 saturated carbocycles. The number of amides is 1. The fraction of sp³-hybridized carbons (Fsp3) is 0.176. The Morgan fingerprint density at radius 3 is 2.55 bits per heavy atom. The molecule has 2 aromatic carbocycles. The Morgan fingerprint density at radius 2 is 1.75 bits per heavy atom. The van der Waals surface area contributed by atoms with Crippen LogP contribution in [0.25, 0.3) is 0 Å². The molecule has 100 valence electrons. The molecule has 0 aromatic heterocycles. The topological polar surface area (TPSA) is 32.7 Å². The third kappa shape index (κ3) is 2.48. The van der Waals surface area contributed by atoms with Crippen molar-refractivity contribution in [2.75, 3.05) is 0 Å². The molecule has 20 heavy (non-hydrogen) atoms. The lowest BCUT2D eigenvalue weighted by Crippen LogP contribution is -2.33. The van der Waals surface area contributed by atoms with E-state index in [1.54, 1.807) is 6.92 Å². The fourth-order valence-corrected chi connectivity index (χ4v) is 2.42. The van der Waals surface area contributed by atoms with E-state index in [0.717, 1.165) is 16.8 Å². The van der Waals surface area contributed by atoms with Crippen LogP contribution in [0.2, 0.25) is 0 Å². The Balaban J connectivity index is 1.93. The van der Waals surface area contributed by atoms with Crippen LogP contribution >= 0.6 is 0 Å². The van der Waals surface area contributed by atoms with E-state index < -0.39 is 0 Å². The number of carbonyl (C=O) groups is 1. The average Bonchev–Trinajstić information content (AvgIpc) is 2.59. The molecule has 3 rings (SSSR count). The normalized spacial score (nSPS) is 14.6. The molecular formula is C17H16N2O. The average molecular weight is 264 g/mol. The summed E-state index contributed by atoms with van der Waals surface area (Å²) in [5.41, 5.74) is 3.67. The number of hydrogen-bond donors (Lipinski definition) is 0. The Hall–Kier alpha value is -2.42. The first-order chi connectivity index (χ1) is 9.74. The van der Waals surface area contributed by atoms with Crippen molar-refractivity contribution in [3.8, 4) is 0 Å². The van der Waals surface area contributed by atoms with E-state index in [1.807, 2.05) is 59.5 Å². The van der Waals surface area contributed by atoms with Crippen molar-refractivity contribution in [2.45, 2.75) is 20.0 Å². The van der Waals surface area contributed by atoms with Gasteiger partial charge in [0.15, 0.2) is 0 Å². The molecule has 0 radical (unpaired) electrons. The predicted molar refractivity (Wildman–Crippen MR) is 79.9 cm³/mol. The molecule has 0 spiro atoms. The van der Waals surface area contributed by atoms with Crippen LogP contribution in [-0.4, -0.2) is 16.5 Å². The summed E-state index contributed by atoms with van der Waals surface area (Å²) in [6.45, 7) is 2.99. The highest BCUT2D eigenvalue weighted by atomic mass is 16.2. The van der Waals surface area contributed by atoms with E-state index in [-0.39, 0.29) is 5.91 Å². The SMILES string of the molecule is CC1=Nc2ccccc2CN(Cc2ccccc2)C1=O. The van der Waals surface area contributed by atoms with Gasteiger partial charge in [0.1, 0.15) is 5.71 Å². The molecule has 1 aliphatic rings. The summed E-state index contributed by atoms with van der Waals surface area (Å²) in [4.78, 5) is 18.7. The quantitative estimate of drug-likeness (QED) is 0.819. The van der Waals surface area contributed by atoms with Gasteiger partial charge in [0.05, 0.1) is 5.69 Å². The first kappa shape index (κ1) is 12.6. The zero-order valence-electron chi connectivity index (χ0n) is 11.4. The molecule has 3 nitrogen and oxygen atoms in total. The second-order valence-electron chi connectivity index (χ2n) is 4.97. The summed E-state index contributed by atoms with van der Waals surface area (Å²) < 4.78 is 0. The number of benzene rings is 2. The lowest BCUT2D eigenvalue weighted by Gasteiger charge is -2.21. The van der Waals surface area contributed by atoms with E-state index in [4.69, 9.17) is 0 Å². The summed E-state index contributed by atoms with van der Waals surface area (Å²) in [7, 11) is 0. The molecular weight excluding hydrogens is 248 g/mol. The van der Waals surface area contributed by atoms with Crippen LogP contribution in [0.1, 0.15) is 18.1 Å². The molecule has 0 N–H and O–H groups in total. The maximum atomic E-state index is 12.4. The Morgan fingerprint density at radius 1 is 1.05 bits per heavy atom. The number of rotatable bonds is 2. The summed E-state index contributed by atoms with van der Waals surface area (Å²) >= 11 is 0. The van der Waals surface area contributed by atoms with Crippen LogP contribution in [0.4, 0.5) is 5.69 Å². The number of nitrogens with zero attached hydrogens (tertiary/aromatic N) is 2. The number of hydrogen-bond acceptors (Lipinski definition) is 2. The van der Waals surface area contributed by atoms with Crippen LogP contribution in [0.15, 0.2) is 59.6 Å². The molecule has 2 aromatic rings. The summed E-state index contributed by atoms with van der Waals surface area (Å²) in [5, 5.41) is 0. The molecule has 1 aliphatic heterocycles. The molecule has 1 amide bonds. The summed E-state index contributed by atoms with van der Waals surface area (Å²) in [6, 6.07) is 18.0.